The molecule has 0 aliphatic carbocycles. The van der Waals surface area contributed by atoms with E-state index in [2.05, 4.69) is 19.9 Å². The zero-order chi connectivity index (χ0) is 20.6. The highest BCUT2D eigenvalue weighted by molar-refractivity contribution is 7.91. The Morgan fingerprint density at radius 1 is 0.931 bits per heavy atom. The molecular formula is C19H16N4O4S2. The summed E-state index contributed by atoms with van der Waals surface area (Å²) in [6.45, 7) is 0. The maximum atomic E-state index is 13.2. The van der Waals surface area contributed by atoms with Crippen LogP contribution in [0, 0.1) is 0 Å². The molecule has 0 fully saturated rings. The lowest BCUT2D eigenvalue weighted by Gasteiger charge is -2.08. The summed E-state index contributed by atoms with van der Waals surface area (Å²) in [5.41, 5.74) is 1.79. The Labute approximate surface area is 167 Å². The van der Waals surface area contributed by atoms with Crippen LogP contribution in [0.5, 0.6) is 0 Å². The number of benzene rings is 1. The van der Waals surface area contributed by atoms with Crippen LogP contribution in [-0.2, 0) is 26.1 Å². The first-order chi connectivity index (χ1) is 13.8. The van der Waals surface area contributed by atoms with Crippen molar-refractivity contribution in [3.8, 4) is 0 Å². The van der Waals surface area contributed by atoms with E-state index in [9.17, 15) is 16.8 Å². The van der Waals surface area contributed by atoms with E-state index >= 15 is 0 Å². The molecule has 0 bridgehead atoms. The lowest BCUT2D eigenvalue weighted by atomic mass is 10.1. The molecule has 0 spiro atoms. The molecule has 3 aromatic heterocycles. The van der Waals surface area contributed by atoms with Gasteiger partial charge in [0, 0.05) is 42.9 Å². The van der Waals surface area contributed by atoms with Crippen molar-refractivity contribution >= 4 is 30.7 Å². The van der Waals surface area contributed by atoms with Gasteiger partial charge in [-0.15, -0.1) is 0 Å². The third-order valence-corrected chi connectivity index (χ3v) is 7.05. The van der Waals surface area contributed by atoms with Crippen molar-refractivity contribution in [1.29, 1.82) is 0 Å². The number of pyridine rings is 1. The van der Waals surface area contributed by atoms with Gasteiger partial charge in [0.15, 0.2) is 0 Å². The number of nitrogens with zero attached hydrogens (tertiary/aromatic N) is 3. The van der Waals surface area contributed by atoms with Gasteiger partial charge >= 0.3 is 0 Å². The van der Waals surface area contributed by atoms with Crippen LogP contribution < -0.4 is 0 Å². The summed E-state index contributed by atoms with van der Waals surface area (Å²) in [6, 6.07) is 9.67. The second-order valence-corrected chi connectivity index (χ2v) is 10.3. The average molecular weight is 428 g/mol. The average Bonchev–Trinajstić information content (AvgIpc) is 3.11. The molecule has 29 heavy (non-hydrogen) atoms. The van der Waals surface area contributed by atoms with E-state index in [1.807, 2.05) is 0 Å². The van der Waals surface area contributed by atoms with E-state index in [1.54, 1.807) is 36.5 Å². The smallest absolute Gasteiger partial charge is 0.246 e. The molecular weight excluding hydrogens is 412 g/mol. The number of H-pyrrole nitrogens is 1. The second kappa shape index (κ2) is 7.05. The van der Waals surface area contributed by atoms with Gasteiger partial charge in [0.25, 0.3) is 0 Å². The van der Waals surface area contributed by atoms with Gasteiger partial charge < -0.3 is 4.98 Å². The number of fused-ring (bicyclic) bond motifs is 1. The van der Waals surface area contributed by atoms with Crippen LogP contribution in [0.15, 0.2) is 76.1 Å². The summed E-state index contributed by atoms with van der Waals surface area (Å²) in [5, 5.41) is 0.234. The maximum absolute atomic E-state index is 13.2. The second-order valence-electron chi connectivity index (χ2n) is 6.49. The lowest BCUT2D eigenvalue weighted by molar-refractivity contribution is 0.592. The topological polar surface area (TPSA) is 123 Å². The molecule has 0 aliphatic rings. The van der Waals surface area contributed by atoms with Crippen molar-refractivity contribution in [1.82, 2.24) is 19.9 Å². The van der Waals surface area contributed by atoms with E-state index in [4.69, 9.17) is 0 Å². The summed E-state index contributed by atoms with van der Waals surface area (Å²) in [4.78, 5) is 15.3. The Kier molecular flexibility index (Phi) is 4.67. The van der Waals surface area contributed by atoms with Gasteiger partial charge in [0.05, 0.1) is 9.79 Å². The molecule has 10 heteroatoms. The van der Waals surface area contributed by atoms with Gasteiger partial charge in [-0.2, -0.15) is 0 Å². The minimum Gasteiger partial charge on any atom is -0.346 e. The number of nitrogens with one attached hydrogen (secondary N) is 1. The van der Waals surface area contributed by atoms with Crippen molar-refractivity contribution in [2.75, 3.05) is 6.26 Å². The first kappa shape index (κ1) is 19.2. The number of sulfone groups is 2. The van der Waals surface area contributed by atoms with Crippen molar-refractivity contribution < 1.29 is 16.8 Å². The number of aromatic nitrogens is 4. The molecule has 0 unspecified atom stereocenters. The lowest BCUT2D eigenvalue weighted by Crippen LogP contribution is -2.05. The Morgan fingerprint density at radius 2 is 1.62 bits per heavy atom. The fraction of sp³-hybridized carbons (Fsp3) is 0.105. The molecule has 0 radical (unpaired) electrons. The van der Waals surface area contributed by atoms with E-state index < -0.39 is 19.7 Å². The first-order valence-corrected chi connectivity index (χ1v) is 11.9. The van der Waals surface area contributed by atoms with Gasteiger partial charge in [-0.05, 0) is 29.3 Å². The molecule has 4 aromatic rings. The van der Waals surface area contributed by atoms with Crippen LogP contribution in [0.3, 0.4) is 0 Å². The monoisotopic (exact) mass is 428 g/mol. The third kappa shape index (κ3) is 3.64. The van der Waals surface area contributed by atoms with Gasteiger partial charge in [-0.25, -0.2) is 31.8 Å². The van der Waals surface area contributed by atoms with E-state index in [-0.39, 0.29) is 14.9 Å². The van der Waals surface area contributed by atoms with E-state index in [0.29, 0.717) is 28.6 Å². The van der Waals surface area contributed by atoms with Crippen LogP contribution in [-0.4, -0.2) is 43.0 Å². The quantitative estimate of drug-likeness (QED) is 0.483. The fourth-order valence-electron chi connectivity index (χ4n) is 3.03. The largest absolute Gasteiger partial charge is 0.346 e. The van der Waals surface area contributed by atoms with E-state index in [1.165, 1.54) is 24.7 Å². The van der Waals surface area contributed by atoms with Crippen molar-refractivity contribution in [3.05, 3.63) is 72.3 Å². The number of aromatic amines is 1. The molecule has 1 N–H and O–H groups in total. The predicted octanol–water partition coefficient (Wildman–Crippen LogP) is 2.18. The normalized spacial score (nSPS) is 12.3. The first-order valence-electron chi connectivity index (χ1n) is 8.53. The Balaban J connectivity index is 1.80. The zero-order valence-electron chi connectivity index (χ0n) is 15.3. The molecule has 4 rings (SSSR count). The minimum absolute atomic E-state index is 0.152. The Bertz CT molecular complexity index is 1400. The highest BCUT2D eigenvalue weighted by atomic mass is 32.2. The van der Waals surface area contributed by atoms with Crippen LogP contribution in [0.1, 0.15) is 11.1 Å². The minimum atomic E-state index is -3.75. The fourth-order valence-corrected chi connectivity index (χ4v) is 5.02. The molecule has 8 nitrogen and oxygen atoms in total. The molecule has 148 valence electrons. The molecule has 0 aliphatic heterocycles. The number of hydrogen-bond donors (Lipinski definition) is 1. The van der Waals surface area contributed by atoms with Gasteiger partial charge in [-0.3, -0.25) is 0 Å². The van der Waals surface area contributed by atoms with Crippen LogP contribution in [0.4, 0.5) is 0 Å². The Hall–Kier alpha value is -3.11. The van der Waals surface area contributed by atoms with Crippen molar-refractivity contribution in [2.24, 2.45) is 0 Å². The van der Waals surface area contributed by atoms with Crippen molar-refractivity contribution in [2.45, 2.75) is 21.4 Å². The zero-order valence-corrected chi connectivity index (χ0v) is 16.9. The van der Waals surface area contributed by atoms with Crippen LogP contribution >= 0.6 is 0 Å². The SMILES string of the molecule is CS(=O)(=O)c1ncc(Cc2c[nH]c3nccc(S(=O)(=O)c4ccccc4)c23)cn1. The standard InChI is InChI=1S/C19H16N4O4S2/c1-28(24,25)19-22-10-13(11-23-19)9-14-12-21-18-17(14)16(7-8-20-18)29(26,27)15-5-3-2-4-6-15/h2-8,10-12H,9H2,1H3,(H,20,21). The summed E-state index contributed by atoms with van der Waals surface area (Å²) >= 11 is 0. The molecule has 0 saturated carbocycles. The number of rotatable bonds is 5. The third-order valence-electron chi connectivity index (χ3n) is 4.37. The molecule has 3 heterocycles. The molecule has 1 aromatic carbocycles. The van der Waals surface area contributed by atoms with Gasteiger partial charge in [-0.1, -0.05) is 18.2 Å². The van der Waals surface area contributed by atoms with Crippen LogP contribution in [0.2, 0.25) is 0 Å². The van der Waals surface area contributed by atoms with Gasteiger partial charge in [0.1, 0.15) is 5.65 Å². The molecule has 0 atom stereocenters. The maximum Gasteiger partial charge on any atom is 0.246 e. The predicted molar refractivity (Wildman–Crippen MR) is 106 cm³/mol. The highest BCUT2D eigenvalue weighted by Crippen LogP contribution is 2.30. The Morgan fingerprint density at radius 3 is 2.28 bits per heavy atom. The van der Waals surface area contributed by atoms with Crippen LogP contribution in [0.25, 0.3) is 11.0 Å². The van der Waals surface area contributed by atoms with Crippen molar-refractivity contribution in [3.63, 3.8) is 0 Å². The summed E-state index contributed by atoms with van der Waals surface area (Å²) in [5.74, 6) is 0. The van der Waals surface area contributed by atoms with E-state index in [0.717, 1.165) is 6.26 Å². The summed E-state index contributed by atoms with van der Waals surface area (Å²) < 4.78 is 49.4. The number of hydrogen-bond acceptors (Lipinski definition) is 7. The molecule has 0 saturated heterocycles. The molecule has 0 amide bonds. The van der Waals surface area contributed by atoms with Gasteiger partial charge in [0.2, 0.25) is 24.8 Å². The summed E-state index contributed by atoms with van der Waals surface area (Å²) in [7, 11) is -7.24. The highest BCUT2D eigenvalue weighted by Gasteiger charge is 2.23. The summed E-state index contributed by atoms with van der Waals surface area (Å²) in [6.07, 6.45) is 7.32.